The van der Waals surface area contributed by atoms with Crippen molar-refractivity contribution in [3.63, 3.8) is 0 Å². The summed E-state index contributed by atoms with van der Waals surface area (Å²) in [6.45, 7) is 0. The van der Waals surface area contributed by atoms with Crippen molar-refractivity contribution < 1.29 is 4.39 Å². The fourth-order valence-corrected chi connectivity index (χ4v) is 1.03. The maximum Gasteiger partial charge on any atom is 0.165 e. The highest BCUT2D eigenvalue weighted by atomic mass is 19.1. The first-order chi connectivity index (χ1) is 5.29. The predicted molar refractivity (Wildman–Crippen MR) is 40.5 cm³/mol. The van der Waals surface area contributed by atoms with Crippen molar-refractivity contribution in [2.45, 2.75) is 0 Å². The van der Waals surface area contributed by atoms with Gasteiger partial charge in [0.25, 0.3) is 0 Å². The SMILES string of the molecule is Nc1c[nH]c2c(F)cncc12. The molecule has 4 heteroatoms. The zero-order valence-electron chi connectivity index (χ0n) is 5.63. The highest BCUT2D eigenvalue weighted by molar-refractivity contribution is 5.90. The van der Waals surface area contributed by atoms with Crippen LogP contribution in [0.2, 0.25) is 0 Å². The molecule has 2 rings (SSSR count). The van der Waals surface area contributed by atoms with Gasteiger partial charge in [-0.05, 0) is 0 Å². The van der Waals surface area contributed by atoms with Crippen LogP contribution >= 0.6 is 0 Å². The molecule has 0 aliphatic carbocycles. The first-order valence-corrected chi connectivity index (χ1v) is 3.15. The Labute approximate surface area is 62.0 Å². The van der Waals surface area contributed by atoms with Gasteiger partial charge in [0.15, 0.2) is 5.82 Å². The van der Waals surface area contributed by atoms with E-state index in [4.69, 9.17) is 5.73 Å². The number of nitrogen functional groups attached to an aromatic ring is 1. The summed E-state index contributed by atoms with van der Waals surface area (Å²) in [5.74, 6) is -0.376. The summed E-state index contributed by atoms with van der Waals surface area (Å²) in [7, 11) is 0. The molecule has 0 atom stereocenters. The van der Waals surface area contributed by atoms with Crippen LogP contribution in [-0.2, 0) is 0 Å². The molecule has 0 aromatic carbocycles. The molecule has 2 aromatic heterocycles. The molecule has 0 unspecified atom stereocenters. The molecule has 0 bridgehead atoms. The number of aromatic nitrogens is 2. The van der Waals surface area contributed by atoms with Crippen LogP contribution in [0.15, 0.2) is 18.6 Å². The lowest BCUT2D eigenvalue weighted by Crippen LogP contribution is -1.83. The number of H-pyrrole nitrogens is 1. The standard InChI is InChI=1S/C7H6FN3/c8-5-2-10-1-4-6(9)3-11-7(4)5/h1-3,11H,9H2. The Morgan fingerprint density at radius 1 is 1.45 bits per heavy atom. The number of nitrogens with one attached hydrogen (secondary N) is 1. The first kappa shape index (κ1) is 6.15. The van der Waals surface area contributed by atoms with Gasteiger partial charge < -0.3 is 10.7 Å². The van der Waals surface area contributed by atoms with Gasteiger partial charge in [-0.15, -0.1) is 0 Å². The lowest BCUT2D eigenvalue weighted by Gasteiger charge is -1.90. The number of hydrogen-bond donors (Lipinski definition) is 2. The molecule has 0 aliphatic rings. The van der Waals surface area contributed by atoms with Crippen molar-refractivity contribution in [2.75, 3.05) is 5.73 Å². The normalized spacial score (nSPS) is 10.6. The van der Waals surface area contributed by atoms with E-state index in [0.29, 0.717) is 16.6 Å². The van der Waals surface area contributed by atoms with Crippen LogP contribution in [0.5, 0.6) is 0 Å². The highest BCUT2D eigenvalue weighted by Gasteiger charge is 2.03. The van der Waals surface area contributed by atoms with Crippen molar-refractivity contribution in [3.05, 3.63) is 24.4 Å². The van der Waals surface area contributed by atoms with Crippen molar-refractivity contribution in [1.82, 2.24) is 9.97 Å². The summed E-state index contributed by atoms with van der Waals surface area (Å²) >= 11 is 0. The third-order valence-electron chi connectivity index (χ3n) is 1.58. The molecule has 3 nitrogen and oxygen atoms in total. The summed E-state index contributed by atoms with van der Waals surface area (Å²) in [5.41, 5.74) is 6.44. The molecular weight excluding hydrogens is 145 g/mol. The molecular formula is C7H6FN3. The second kappa shape index (κ2) is 1.95. The summed E-state index contributed by atoms with van der Waals surface area (Å²) < 4.78 is 12.9. The summed E-state index contributed by atoms with van der Waals surface area (Å²) in [6, 6.07) is 0. The molecule has 2 heterocycles. The second-order valence-electron chi connectivity index (χ2n) is 2.29. The largest absolute Gasteiger partial charge is 0.397 e. The summed E-state index contributed by atoms with van der Waals surface area (Å²) in [4.78, 5) is 6.39. The number of hydrogen-bond acceptors (Lipinski definition) is 2. The topological polar surface area (TPSA) is 54.7 Å². The fourth-order valence-electron chi connectivity index (χ4n) is 1.03. The zero-order valence-corrected chi connectivity index (χ0v) is 5.63. The van der Waals surface area contributed by atoms with Crippen molar-refractivity contribution in [3.8, 4) is 0 Å². The summed E-state index contributed by atoms with van der Waals surface area (Å²) in [5, 5.41) is 0.630. The van der Waals surface area contributed by atoms with Crippen molar-refractivity contribution in [2.24, 2.45) is 0 Å². The number of fused-ring (bicyclic) bond motifs is 1. The van der Waals surface area contributed by atoms with Gasteiger partial charge in [-0.1, -0.05) is 0 Å². The van der Waals surface area contributed by atoms with Crippen LogP contribution in [0.25, 0.3) is 10.9 Å². The Morgan fingerprint density at radius 3 is 3.00 bits per heavy atom. The van der Waals surface area contributed by atoms with Crippen LogP contribution in [0.4, 0.5) is 10.1 Å². The third kappa shape index (κ3) is 0.756. The Kier molecular flexibility index (Phi) is 1.09. The minimum absolute atomic E-state index is 0.376. The Hall–Kier alpha value is -1.58. The van der Waals surface area contributed by atoms with Gasteiger partial charge >= 0.3 is 0 Å². The van der Waals surface area contributed by atoms with Crippen LogP contribution in [0, 0.1) is 5.82 Å². The number of aromatic amines is 1. The van der Waals surface area contributed by atoms with Crippen LogP contribution < -0.4 is 5.73 Å². The minimum atomic E-state index is -0.376. The maximum absolute atomic E-state index is 12.9. The monoisotopic (exact) mass is 151 g/mol. The van der Waals surface area contributed by atoms with E-state index in [-0.39, 0.29) is 5.82 Å². The predicted octanol–water partition coefficient (Wildman–Crippen LogP) is 1.28. The lowest BCUT2D eigenvalue weighted by molar-refractivity contribution is 0.631. The molecule has 0 aliphatic heterocycles. The Morgan fingerprint density at radius 2 is 2.27 bits per heavy atom. The van der Waals surface area contributed by atoms with Gasteiger partial charge in [0, 0.05) is 17.8 Å². The molecule has 0 radical (unpaired) electrons. The van der Waals surface area contributed by atoms with Gasteiger partial charge in [-0.3, -0.25) is 4.98 Å². The average Bonchev–Trinajstić information content (AvgIpc) is 2.35. The van der Waals surface area contributed by atoms with Crippen LogP contribution in [0.1, 0.15) is 0 Å². The van der Waals surface area contributed by atoms with Gasteiger partial charge in [-0.2, -0.15) is 0 Å². The van der Waals surface area contributed by atoms with Crippen LogP contribution in [0.3, 0.4) is 0 Å². The molecule has 11 heavy (non-hydrogen) atoms. The van der Waals surface area contributed by atoms with Crippen molar-refractivity contribution in [1.29, 1.82) is 0 Å². The molecule has 3 N–H and O–H groups in total. The van der Waals surface area contributed by atoms with E-state index in [1.165, 1.54) is 6.20 Å². The van der Waals surface area contributed by atoms with E-state index in [9.17, 15) is 4.39 Å². The maximum atomic E-state index is 12.9. The lowest BCUT2D eigenvalue weighted by atomic mass is 10.3. The molecule has 0 spiro atoms. The van der Waals surface area contributed by atoms with E-state index in [2.05, 4.69) is 9.97 Å². The van der Waals surface area contributed by atoms with Gasteiger partial charge in [0.05, 0.1) is 17.4 Å². The third-order valence-corrected chi connectivity index (χ3v) is 1.58. The van der Waals surface area contributed by atoms with E-state index >= 15 is 0 Å². The van der Waals surface area contributed by atoms with E-state index in [1.807, 2.05) is 0 Å². The molecule has 0 fully saturated rings. The van der Waals surface area contributed by atoms with E-state index < -0.39 is 0 Å². The molecule has 0 amide bonds. The smallest absolute Gasteiger partial charge is 0.165 e. The van der Waals surface area contributed by atoms with Crippen molar-refractivity contribution >= 4 is 16.6 Å². The van der Waals surface area contributed by atoms with Crippen LogP contribution in [-0.4, -0.2) is 9.97 Å². The quantitative estimate of drug-likeness (QED) is 0.596. The molecule has 56 valence electrons. The second-order valence-corrected chi connectivity index (χ2v) is 2.29. The van der Waals surface area contributed by atoms with Gasteiger partial charge in [-0.25, -0.2) is 4.39 Å². The van der Waals surface area contributed by atoms with E-state index in [1.54, 1.807) is 6.20 Å². The number of pyridine rings is 1. The minimum Gasteiger partial charge on any atom is -0.397 e. The molecule has 0 saturated carbocycles. The van der Waals surface area contributed by atoms with Gasteiger partial charge in [0.1, 0.15) is 0 Å². The highest BCUT2D eigenvalue weighted by Crippen LogP contribution is 2.20. The molecule has 0 saturated heterocycles. The number of rotatable bonds is 0. The number of nitrogens with two attached hydrogens (primary N) is 1. The zero-order chi connectivity index (χ0) is 7.84. The van der Waals surface area contributed by atoms with E-state index in [0.717, 1.165) is 6.20 Å². The molecule has 2 aromatic rings. The van der Waals surface area contributed by atoms with Gasteiger partial charge in [0.2, 0.25) is 0 Å². The summed E-state index contributed by atoms with van der Waals surface area (Å²) in [6.07, 6.45) is 4.23. The fraction of sp³-hybridized carbons (Fsp3) is 0. The Bertz CT molecular complexity index is 393. The average molecular weight is 151 g/mol. The number of nitrogens with zero attached hydrogens (tertiary/aromatic N) is 1. The number of anilines is 1. The Balaban J connectivity index is 2.94. The number of halogens is 1. The first-order valence-electron chi connectivity index (χ1n) is 3.15.